The van der Waals surface area contributed by atoms with Crippen LogP contribution in [-0.4, -0.2) is 35.7 Å². The van der Waals surface area contributed by atoms with Gasteiger partial charge in [-0.15, -0.1) is 0 Å². The fourth-order valence-corrected chi connectivity index (χ4v) is 2.26. The van der Waals surface area contributed by atoms with Crippen LogP contribution in [0, 0.1) is 0 Å². The molecule has 20 heavy (non-hydrogen) atoms. The van der Waals surface area contributed by atoms with Crippen molar-refractivity contribution >= 4 is 11.9 Å². The van der Waals surface area contributed by atoms with Crippen LogP contribution in [0.2, 0.25) is 0 Å². The van der Waals surface area contributed by atoms with E-state index in [2.05, 4.69) is 5.32 Å². The molecule has 2 rings (SSSR count). The lowest BCUT2D eigenvalue weighted by Crippen LogP contribution is -2.45. The van der Waals surface area contributed by atoms with Crippen molar-refractivity contribution in [2.75, 3.05) is 6.61 Å². The summed E-state index contributed by atoms with van der Waals surface area (Å²) >= 11 is 0. The largest absolute Gasteiger partial charge is 0.480 e. The molecule has 0 aromatic heterocycles. The average Bonchev–Trinajstić information content (AvgIpc) is 2.98. The molecule has 5 heteroatoms. The predicted molar refractivity (Wildman–Crippen MR) is 73.3 cm³/mol. The van der Waals surface area contributed by atoms with E-state index in [1.165, 1.54) is 0 Å². The highest BCUT2D eigenvalue weighted by atomic mass is 16.5. The van der Waals surface area contributed by atoms with Crippen molar-refractivity contribution in [2.45, 2.75) is 37.8 Å². The summed E-state index contributed by atoms with van der Waals surface area (Å²) < 4.78 is 5.25. The number of carboxylic acid groups (broad SMARTS) is 1. The van der Waals surface area contributed by atoms with E-state index in [9.17, 15) is 14.7 Å². The highest BCUT2D eigenvalue weighted by molar-refractivity contribution is 5.86. The van der Waals surface area contributed by atoms with Crippen molar-refractivity contribution < 1.29 is 19.4 Å². The maximum Gasteiger partial charge on any atom is 0.326 e. The Bertz CT molecular complexity index is 454. The van der Waals surface area contributed by atoms with Gasteiger partial charge < -0.3 is 15.2 Å². The molecule has 0 aliphatic carbocycles. The Morgan fingerprint density at radius 1 is 1.35 bits per heavy atom. The van der Waals surface area contributed by atoms with Gasteiger partial charge in [-0.1, -0.05) is 30.3 Å². The Morgan fingerprint density at radius 2 is 2.10 bits per heavy atom. The van der Waals surface area contributed by atoms with Crippen LogP contribution in [0.4, 0.5) is 0 Å². The Morgan fingerprint density at radius 3 is 2.70 bits per heavy atom. The smallest absolute Gasteiger partial charge is 0.326 e. The van der Waals surface area contributed by atoms with Crippen molar-refractivity contribution in [3.8, 4) is 0 Å². The van der Waals surface area contributed by atoms with E-state index in [-0.39, 0.29) is 5.91 Å². The third-order valence-electron chi connectivity index (χ3n) is 3.40. The molecule has 2 atom stereocenters. The second kappa shape index (κ2) is 7.05. The highest BCUT2D eigenvalue weighted by Gasteiger charge is 2.27. The zero-order chi connectivity index (χ0) is 14.4. The maximum atomic E-state index is 11.9. The van der Waals surface area contributed by atoms with Crippen LogP contribution >= 0.6 is 0 Å². The zero-order valence-corrected chi connectivity index (χ0v) is 11.2. The number of carbonyl (C=O) groups is 2. The third-order valence-corrected chi connectivity index (χ3v) is 3.40. The summed E-state index contributed by atoms with van der Waals surface area (Å²) in [4.78, 5) is 23.1. The van der Waals surface area contributed by atoms with E-state index in [0.717, 1.165) is 12.0 Å². The predicted octanol–water partition coefficient (Wildman–Crippen LogP) is 1.37. The van der Waals surface area contributed by atoms with Gasteiger partial charge >= 0.3 is 5.97 Å². The molecule has 0 bridgehead atoms. The SMILES string of the molecule is O=C(O)C(CCc1ccccc1)NC(=O)C1CCCO1. The molecule has 1 amide bonds. The van der Waals surface area contributed by atoms with Crippen molar-refractivity contribution in [3.63, 3.8) is 0 Å². The van der Waals surface area contributed by atoms with Gasteiger partial charge in [-0.3, -0.25) is 4.79 Å². The van der Waals surface area contributed by atoms with Gasteiger partial charge in [0.1, 0.15) is 12.1 Å². The minimum absolute atomic E-state index is 0.317. The zero-order valence-electron chi connectivity index (χ0n) is 11.2. The van der Waals surface area contributed by atoms with Crippen LogP contribution in [0.3, 0.4) is 0 Å². The second-order valence-electron chi connectivity index (χ2n) is 4.93. The highest BCUT2D eigenvalue weighted by Crippen LogP contribution is 2.13. The molecule has 0 radical (unpaired) electrons. The lowest BCUT2D eigenvalue weighted by Gasteiger charge is -2.17. The minimum Gasteiger partial charge on any atom is -0.480 e. The molecular formula is C15H19NO4. The minimum atomic E-state index is -1.01. The van der Waals surface area contributed by atoms with Gasteiger partial charge in [-0.05, 0) is 31.2 Å². The first-order valence-corrected chi connectivity index (χ1v) is 6.85. The molecule has 1 fully saturated rings. The molecule has 1 heterocycles. The first-order valence-electron chi connectivity index (χ1n) is 6.85. The number of aliphatic carboxylic acids is 1. The van der Waals surface area contributed by atoms with Crippen molar-refractivity contribution in [1.82, 2.24) is 5.32 Å². The van der Waals surface area contributed by atoms with Crippen LogP contribution in [0.25, 0.3) is 0 Å². The van der Waals surface area contributed by atoms with Crippen molar-refractivity contribution in [2.24, 2.45) is 0 Å². The maximum absolute atomic E-state index is 11.9. The number of ether oxygens (including phenoxy) is 1. The number of rotatable bonds is 6. The summed E-state index contributed by atoms with van der Waals surface area (Å²) in [6.07, 6.45) is 2.01. The van der Waals surface area contributed by atoms with Gasteiger partial charge in [-0.25, -0.2) is 4.79 Å². The Labute approximate surface area is 117 Å². The number of aryl methyl sites for hydroxylation is 1. The molecule has 0 spiro atoms. The molecule has 1 aliphatic rings. The Kier molecular flexibility index (Phi) is 5.12. The number of amides is 1. The van der Waals surface area contributed by atoms with Gasteiger partial charge in [0, 0.05) is 6.61 Å². The number of carbonyl (C=O) groups excluding carboxylic acids is 1. The molecule has 1 aromatic carbocycles. The van der Waals surface area contributed by atoms with Crippen LogP contribution in [-0.2, 0) is 20.7 Å². The molecule has 108 valence electrons. The van der Waals surface area contributed by atoms with Crippen LogP contribution in [0.1, 0.15) is 24.8 Å². The average molecular weight is 277 g/mol. The second-order valence-corrected chi connectivity index (χ2v) is 4.93. The lowest BCUT2D eigenvalue weighted by molar-refractivity contribution is -0.143. The van der Waals surface area contributed by atoms with E-state index >= 15 is 0 Å². The molecular weight excluding hydrogens is 258 g/mol. The van der Waals surface area contributed by atoms with Crippen molar-refractivity contribution in [1.29, 1.82) is 0 Å². The Balaban J connectivity index is 1.87. The number of carboxylic acids is 1. The number of benzene rings is 1. The molecule has 1 aliphatic heterocycles. The van der Waals surface area contributed by atoms with E-state index in [4.69, 9.17) is 4.74 Å². The van der Waals surface area contributed by atoms with E-state index in [1.54, 1.807) is 0 Å². The van der Waals surface area contributed by atoms with Gasteiger partial charge in [0.15, 0.2) is 0 Å². The van der Waals surface area contributed by atoms with E-state index < -0.39 is 18.1 Å². The molecule has 1 saturated heterocycles. The summed E-state index contributed by atoms with van der Waals surface area (Å²) in [5, 5.41) is 11.8. The molecule has 5 nitrogen and oxygen atoms in total. The first-order chi connectivity index (χ1) is 9.66. The lowest BCUT2D eigenvalue weighted by atomic mass is 10.0. The van der Waals surface area contributed by atoms with Gasteiger partial charge in [0.25, 0.3) is 0 Å². The fraction of sp³-hybridized carbons (Fsp3) is 0.467. The standard InChI is InChI=1S/C15H19NO4/c17-14(13-7-4-10-20-13)16-12(15(18)19)9-8-11-5-2-1-3-6-11/h1-3,5-6,12-13H,4,7-10H2,(H,16,17)(H,18,19). The van der Waals surface area contributed by atoms with Crippen LogP contribution in [0.15, 0.2) is 30.3 Å². The summed E-state index contributed by atoms with van der Waals surface area (Å²) in [6, 6.07) is 8.76. The summed E-state index contributed by atoms with van der Waals surface area (Å²) in [6.45, 7) is 0.569. The van der Waals surface area contributed by atoms with Crippen molar-refractivity contribution in [3.05, 3.63) is 35.9 Å². The van der Waals surface area contributed by atoms with Gasteiger partial charge in [0.05, 0.1) is 0 Å². The van der Waals surface area contributed by atoms with Crippen LogP contribution < -0.4 is 5.32 Å². The summed E-state index contributed by atoms with van der Waals surface area (Å²) in [5.41, 5.74) is 1.06. The van der Waals surface area contributed by atoms with E-state index in [1.807, 2.05) is 30.3 Å². The monoisotopic (exact) mass is 277 g/mol. The van der Waals surface area contributed by atoms with Gasteiger partial charge in [0.2, 0.25) is 5.91 Å². The Hall–Kier alpha value is -1.88. The number of nitrogens with one attached hydrogen (secondary N) is 1. The third kappa shape index (κ3) is 4.06. The normalized spacial score (nSPS) is 19.5. The molecule has 2 unspecified atom stereocenters. The number of hydrogen-bond donors (Lipinski definition) is 2. The number of hydrogen-bond acceptors (Lipinski definition) is 3. The topological polar surface area (TPSA) is 75.6 Å². The van der Waals surface area contributed by atoms with E-state index in [0.29, 0.717) is 25.9 Å². The summed E-state index contributed by atoms with van der Waals surface area (Å²) in [5.74, 6) is -1.32. The van der Waals surface area contributed by atoms with Crippen LogP contribution in [0.5, 0.6) is 0 Å². The fourth-order valence-electron chi connectivity index (χ4n) is 2.26. The first kappa shape index (κ1) is 14.5. The molecule has 0 saturated carbocycles. The molecule has 2 N–H and O–H groups in total. The summed E-state index contributed by atoms with van der Waals surface area (Å²) in [7, 11) is 0. The van der Waals surface area contributed by atoms with Gasteiger partial charge in [-0.2, -0.15) is 0 Å². The molecule has 1 aromatic rings. The quantitative estimate of drug-likeness (QED) is 0.823.